The van der Waals surface area contributed by atoms with Gasteiger partial charge in [-0.2, -0.15) is 0 Å². The van der Waals surface area contributed by atoms with E-state index >= 15 is 0 Å². The Balaban J connectivity index is 1.87. The molecule has 0 saturated heterocycles. The van der Waals surface area contributed by atoms with Gasteiger partial charge in [0, 0.05) is 29.9 Å². The van der Waals surface area contributed by atoms with Crippen molar-refractivity contribution in [3.8, 4) is 0 Å². The van der Waals surface area contributed by atoms with Crippen molar-refractivity contribution < 1.29 is 22.7 Å². The summed E-state index contributed by atoms with van der Waals surface area (Å²) in [6.45, 7) is 10.8. The highest BCUT2D eigenvalue weighted by Crippen LogP contribution is 2.37. The molecule has 0 saturated carbocycles. The summed E-state index contributed by atoms with van der Waals surface area (Å²) in [7, 11) is -4.04. The first-order valence-corrected chi connectivity index (χ1v) is 13.1. The van der Waals surface area contributed by atoms with E-state index in [0.717, 1.165) is 9.54 Å². The molecule has 0 fully saturated rings. The van der Waals surface area contributed by atoms with Gasteiger partial charge in [-0.1, -0.05) is 43.1 Å². The van der Waals surface area contributed by atoms with E-state index in [0.29, 0.717) is 10.9 Å². The molecule has 1 aromatic carbocycles. The van der Waals surface area contributed by atoms with Crippen LogP contribution >= 0.6 is 11.6 Å². The molecule has 4 rings (SSSR count). The molecule has 2 aromatic heterocycles. The van der Waals surface area contributed by atoms with Crippen LogP contribution in [0, 0.1) is 12.8 Å². The van der Waals surface area contributed by atoms with E-state index in [1.54, 1.807) is 32.9 Å². The second kappa shape index (κ2) is 8.64. The minimum absolute atomic E-state index is 0.0281. The lowest BCUT2D eigenvalue weighted by Crippen LogP contribution is -2.50. The Morgan fingerprint density at radius 2 is 1.80 bits per heavy atom. The molecule has 186 valence electrons. The Morgan fingerprint density at radius 3 is 2.37 bits per heavy atom. The van der Waals surface area contributed by atoms with Crippen LogP contribution in [-0.2, 0) is 26.1 Å². The molecule has 0 aliphatic carbocycles. The van der Waals surface area contributed by atoms with Crippen molar-refractivity contribution >= 4 is 44.5 Å². The smallest absolute Gasteiger partial charge is 0.329 e. The number of halogens is 1. The predicted octanol–water partition coefficient (Wildman–Crippen LogP) is 4.56. The van der Waals surface area contributed by atoms with Gasteiger partial charge in [-0.15, -0.1) is 0 Å². The van der Waals surface area contributed by atoms with E-state index in [1.807, 2.05) is 20.8 Å². The molecule has 0 radical (unpaired) electrons. The number of hydrogen-bond acceptors (Lipinski definition) is 6. The van der Waals surface area contributed by atoms with Gasteiger partial charge >= 0.3 is 5.97 Å². The maximum atomic E-state index is 13.7. The number of aryl methyl sites for hydroxylation is 1. The Kier molecular flexibility index (Phi) is 6.22. The number of amides is 1. The van der Waals surface area contributed by atoms with E-state index in [2.05, 4.69) is 4.98 Å². The van der Waals surface area contributed by atoms with E-state index in [4.69, 9.17) is 16.3 Å². The molecule has 0 N–H and O–H groups in total. The second-order valence-electron chi connectivity index (χ2n) is 10.1. The van der Waals surface area contributed by atoms with Crippen molar-refractivity contribution in [1.29, 1.82) is 0 Å². The van der Waals surface area contributed by atoms with E-state index < -0.39 is 33.5 Å². The third-order valence-corrected chi connectivity index (χ3v) is 7.84. The monoisotopic (exact) mass is 517 g/mol. The summed E-state index contributed by atoms with van der Waals surface area (Å²) in [5.74, 6) is -1.27. The van der Waals surface area contributed by atoms with Crippen LogP contribution in [0.5, 0.6) is 0 Å². The zero-order chi connectivity index (χ0) is 25.9. The first-order valence-electron chi connectivity index (χ1n) is 11.3. The first-order chi connectivity index (χ1) is 16.2. The minimum Gasteiger partial charge on any atom is -0.458 e. The van der Waals surface area contributed by atoms with Crippen LogP contribution in [-0.4, -0.2) is 45.8 Å². The average Bonchev–Trinajstić information content (AvgIpc) is 3.14. The Morgan fingerprint density at radius 1 is 1.17 bits per heavy atom. The minimum atomic E-state index is -4.04. The normalized spacial score (nSPS) is 15.1. The maximum absolute atomic E-state index is 13.7. The highest BCUT2D eigenvalue weighted by molar-refractivity contribution is 7.90. The summed E-state index contributed by atoms with van der Waals surface area (Å²) in [5, 5.41) is 0.662. The first kappa shape index (κ1) is 25.2. The predicted molar refractivity (Wildman–Crippen MR) is 133 cm³/mol. The van der Waals surface area contributed by atoms with Crippen LogP contribution in [0.15, 0.2) is 41.6 Å². The molecular weight excluding hydrogens is 490 g/mol. The summed E-state index contributed by atoms with van der Waals surface area (Å²) >= 11 is 6.48. The molecule has 0 unspecified atom stereocenters. The molecule has 0 spiro atoms. The zero-order valence-corrected chi connectivity index (χ0v) is 22.1. The summed E-state index contributed by atoms with van der Waals surface area (Å²) in [5.41, 5.74) is 0.965. The van der Waals surface area contributed by atoms with E-state index in [9.17, 15) is 18.0 Å². The standard InChI is InChI=1S/C25H28ClN3O5S/c1-14(2)21(24(31)34-25(4,5)6)28-12-17-19(26)11-27-22-20(17)18(23(28)30)13-29(22)35(32,33)16-9-7-15(3)8-10-16/h7-11,13-14,21H,12H2,1-6H3/t21-/m1/s1. The molecule has 1 atom stereocenters. The molecule has 3 heterocycles. The second-order valence-corrected chi connectivity index (χ2v) is 12.3. The van der Waals surface area contributed by atoms with Crippen LogP contribution in [0.2, 0.25) is 5.02 Å². The number of esters is 1. The number of nitrogens with zero attached hydrogens (tertiary/aromatic N) is 3. The van der Waals surface area contributed by atoms with Crippen molar-refractivity contribution in [3.05, 3.63) is 58.4 Å². The van der Waals surface area contributed by atoms with Crippen molar-refractivity contribution in [2.75, 3.05) is 0 Å². The maximum Gasteiger partial charge on any atom is 0.329 e. The number of hydrogen-bond donors (Lipinski definition) is 0. The third-order valence-electron chi connectivity index (χ3n) is 5.85. The van der Waals surface area contributed by atoms with Crippen molar-refractivity contribution in [3.63, 3.8) is 0 Å². The van der Waals surface area contributed by atoms with Crippen LogP contribution in [0.25, 0.3) is 11.0 Å². The molecule has 1 amide bonds. The Bertz CT molecular complexity index is 1440. The number of carbonyl (C=O) groups excluding carboxylic acids is 2. The molecule has 3 aromatic rings. The topological polar surface area (TPSA) is 98.6 Å². The lowest BCUT2D eigenvalue weighted by Gasteiger charge is -2.36. The summed E-state index contributed by atoms with van der Waals surface area (Å²) in [6, 6.07) is 5.55. The van der Waals surface area contributed by atoms with Crippen LogP contribution in [0.1, 0.15) is 56.1 Å². The fourth-order valence-electron chi connectivity index (χ4n) is 4.27. The van der Waals surface area contributed by atoms with Gasteiger partial charge in [0.15, 0.2) is 5.65 Å². The van der Waals surface area contributed by atoms with E-state index in [-0.39, 0.29) is 33.6 Å². The number of carbonyl (C=O) groups is 2. The summed E-state index contributed by atoms with van der Waals surface area (Å²) < 4.78 is 33.6. The van der Waals surface area contributed by atoms with Crippen LogP contribution in [0.3, 0.4) is 0 Å². The molecular formula is C25H28ClN3O5S. The highest BCUT2D eigenvalue weighted by atomic mass is 35.5. The fourth-order valence-corrected chi connectivity index (χ4v) is 5.79. The van der Waals surface area contributed by atoms with Crippen molar-refractivity contribution in [1.82, 2.24) is 13.9 Å². The molecule has 35 heavy (non-hydrogen) atoms. The number of aromatic nitrogens is 2. The van der Waals surface area contributed by atoms with Gasteiger partial charge in [0.1, 0.15) is 11.6 Å². The SMILES string of the molecule is Cc1ccc(S(=O)(=O)n2cc3c4c(c(Cl)cnc42)CN([C@@H](C(=O)OC(C)(C)C)C(C)C)C3=O)cc1. The van der Waals surface area contributed by atoms with Gasteiger partial charge < -0.3 is 9.64 Å². The lowest BCUT2D eigenvalue weighted by atomic mass is 9.96. The van der Waals surface area contributed by atoms with E-state index in [1.165, 1.54) is 29.4 Å². The van der Waals surface area contributed by atoms with Gasteiger partial charge in [-0.3, -0.25) is 4.79 Å². The molecule has 1 aliphatic rings. The molecule has 0 bridgehead atoms. The molecule has 8 nitrogen and oxygen atoms in total. The quantitative estimate of drug-likeness (QED) is 0.460. The zero-order valence-electron chi connectivity index (χ0n) is 20.5. The number of rotatable bonds is 5. The van der Waals surface area contributed by atoms with Gasteiger partial charge in [-0.05, 0) is 45.7 Å². The third kappa shape index (κ3) is 4.43. The number of benzene rings is 1. The summed E-state index contributed by atoms with van der Waals surface area (Å²) in [4.78, 5) is 32.5. The Labute approximate surface area is 209 Å². The van der Waals surface area contributed by atoms with Crippen LogP contribution < -0.4 is 0 Å². The van der Waals surface area contributed by atoms with Crippen molar-refractivity contribution in [2.24, 2.45) is 5.92 Å². The van der Waals surface area contributed by atoms with Crippen molar-refractivity contribution in [2.45, 2.75) is 64.6 Å². The van der Waals surface area contributed by atoms with Gasteiger partial charge in [0.05, 0.1) is 15.5 Å². The summed E-state index contributed by atoms with van der Waals surface area (Å²) in [6.07, 6.45) is 2.64. The van der Waals surface area contributed by atoms with Crippen LogP contribution in [0.4, 0.5) is 0 Å². The molecule has 10 heteroatoms. The fraction of sp³-hybridized carbons (Fsp3) is 0.400. The van der Waals surface area contributed by atoms with Gasteiger partial charge in [0.2, 0.25) is 0 Å². The number of ether oxygens (including phenoxy) is 1. The average molecular weight is 518 g/mol. The van der Waals surface area contributed by atoms with Gasteiger partial charge in [-0.25, -0.2) is 22.2 Å². The Hall–Kier alpha value is -2.91. The molecule has 1 aliphatic heterocycles. The number of pyridine rings is 1. The lowest BCUT2D eigenvalue weighted by molar-refractivity contribution is -0.162. The highest BCUT2D eigenvalue weighted by Gasteiger charge is 2.41. The van der Waals surface area contributed by atoms with Gasteiger partial charge in [0.25, 0.3) is 15.9 Å². The largest absolute Gasteiger partial charge is 0.458 e.